The van der Waals surface area contributed by atoms with E-state index in [1.165, 1.54) is 24.3 Å². The van der Waals surface area contributed by atoms with Crippen LogP contribution in [0.15, 0.2) is 39.7 Å². The Labute approximate surface area is 244 Å². The number of hydrogen-bond donors (Lipinski definition) is 3. The summed E-state index contributed by atoms with van der Waals surface area (Å²) < 4.78 is 69.1. The molecule has 3 aromatic rings. The number of amides is 1. The lowest BCUT2D eigenvalue weighted by Crippen LogP contribution is -2.12. The maximum absolute atomic E-state index is 14.4. The lowest BCUT2D eigenvalue weighted by molar-refractivity contribution is 0.0595. The fraction of sp³-hybridized carbons (Fsp3) is 0.273. The van der Waals surface area contributed by atoms with Crippen LogP contribution in [0.2, 0.25) is 19.6 Å². The third kappa shape index (κ3) is 8.40. The number of primary amides is 1. The van der Waals surface area contributed by atoms with Crippen molar-refractivity contribution in [1.29, 1.82) is 5.26 Å². The summed E-state index contributed by atoms with van der Waals surface area (Å²) in [5.74, 6) is -1.02. The number of ether oxygens (including phenoxy) is 1. The molecule has 0 spiro atoms. The molecule has 0 atom stereocenters. The van der Waals surface area contributed by atoms with Crippen LogP contribution >= 0.6 is 50.2 Å². The standard InChI is InChI=1S/C19H14BrF2N2O7PS2.C3H9BrSi/c1-34(29,30)12-3-2-9(11(4-12)7-23)8-31-14-6-10(18(24)25)5-13-15(20)17(33-16(13)14)19(21,22)32(26,27)28;1-5(2,3)4/h2-6H,8H2,1H3,(H2,24,25)(H2,26,27,28);1-3H3. The molecule has 1 aromatic heterocycles. The summed E-state index contributed by atoms with van der Waals surface area (Å²) in [6, 6.07) is 7.97. The van der Waals surface area contributed by atoms with Crippen LogP contribution in [0, 0.1) is 11.3 Å². The first kappa shape index (κ1) is 33.5. The number of hydrogen-bond acceptors (Lipinski definition) is 7. The van der Waals surface area contributed by atoms with E-state index in [9.17, 15) is 31.8 Å². The molecular weight excluding hydrogens is 725 g/mol. The average molecular weight is 748 g/mol. The van der Waals surface area contributed by atoms with E-state index in [0.29, 0.717) is 11.3 Å². The number of nitriles is 1. The minimum Gasteiger partial charge on any atom is -0.487 e. The molecule has 4 N–H and O–H groups in total. The van der Waals surface area contributed by atoms with Gasteiger partial charge in [-0.1, -0.05) is 25.7 Å². The molecule has 0 saturated heterocycles. The fourth-order valence-corrected chi connectivity index (χ4v) is 6.51. The highest BCUT2D eigenvalue weighted by molar-refractivity contribution is 9.26. The summed E-state index contributed by atoms with van der Waals surface area (Å²) in [6.45, 7) is 5.62. The number of carbonyl (C=O) groups excluding carboxylic acids is 1. The van der Waals surface area contributed by atoms with Gasteiger partial charge in [-0.15, -0.1) is 26.6 Å². The molecule has 2 aromatic carbocycles. The SMILES string of the molecule is CS(=O)(=O)c1ccc(COc2cc(C(N)=O)cc3c(Br)c(C(F)(F)P(=O)(O)O)sc23)c(C#N)c1.C[Si](C)(C)Br. The van der Waals surface area contributed by atoms with E-state index in [0.717, 1.165) is 12.3 Å². The second-order valence-corrected chi connectivity index (χ2v) is 25.9. The van der Waals surface area contributed by atoms with Crippen LogP contribution < -0.4 is 10.5 Å². The Morgan fingerprint density at radius 3 is 2.28 bits per heavy atom. The highest BCUT2D eigenvalue weighted by Crippen LogP contribution is 2.63. The summed E-state index contributed by atoms with van der Waals surface area (Å²) in [5.41, 5.74) is 0.933. The van der Waals surface area contributed by atoms with E-state index in [2.05, 4.69) is 50.9 Å². The third-order valence-corrected chi connectivity index (χ3v) is 9.22. The van der Waals surface area contributed by atoms with Crippen molar-refractivity contribution in [3.05, 3.63) is 56.4 Å². The van der Waals surface area contributed by atoms with Crippen molar-refractivity contribution in [2.45, 2.75) is 36.8 Å². The molecule has 0 fully saturated rings. The van der Waals surface area contributed by atoms with E-state index in [4.69, 9.17) is 20.3 Å². The summed E-state index contributed by atoms with van der Waals surface area (Å²) in [7, 11) is -9.45. The summed E-state index contributed by atoms with van der Waals surface area (Å²) in [6.07, 6.45) is 0.978. The molecule has 0 aliphatic heterocycles. The maximum Gasteiger partial charge on any atom is 0.400 e. The van der Waals surface area contributed by atoms with Gasteiger partial charge in [0.15, 0.2) is 9.84 Å². The van der Waals surface area contributed by atoms with Crippen LogP contribution in [0.5, 0.6) is 5.75 Å². The van der Waals surface area contributed by atoms with Gasteiger partial charge in [-0.2, -0.15) is 14.0 Å². The smallest absolute Gasteiger partial charge is 0.400 e. The first-order valence-electron chi connectivity index (χ1n) is 10.6. The maximum atomic E-state index is 14.4. The van der Waals surface area contributed by atoms with Gasteiger partial charge < -0.3 is 20.3 Å². The Bertz CT molecular complexity index is 1630. The van der Waals surface area contributed by atoms with Crippen LogP contribution in [0.1, 0.15) is 26.4 Å². The molecule has 212 valence electrons. The van der Waals surface area contributed by atoms with Gasteiger partial charge in [0.1, 0.15) is 23.9 Å². The second kappa shape index (κ2) is 12.0. The molecular formula is C22H23Br2F2N2O7PS2Si. The number of fused-ring (bicyclic) bond motifs is 1. The van der Waals surface area contributed by atoms with E-state index >= 15 is 0 Å². The van der Waals surface area contributed by atoms with Gasteiger partial charge in [0.25, 0.3) is 0 Å². The summed E-state index contributed by atoms with van der Waals surface area (Å²) >= 11 is 6.78. The number of thiophene rings is 1. The summed E-state index contributed by atoms with van der Waals surface area (Å²) in [4.78, 5) is 28.9. The highest BCUT2D eigenvalue weighted by Gasteiger charge is 2.53. The van der Waals surface area contributed by atoms with Crippen LogP contribution in [0.4, 0.5) is 8.78 Å². The van der Waals surface area contributed by atoms with Crippen molar-refractivity contribution in [2.75, 3.05) is 6.26 Å². The molecule has 9 nitrogen and oxygen atoms in total. The molecule has 17 heteroatoms. The molecule has 39 heavy (non-hydrogen) atoms. The predicted octanol–water partition coefficient (Wildman–Crippen LogP) is 6.06. The Morgan fingerprint density at radius 1 is 1.26 bits per heavy atom. The fourth-order valence-electron chi connectivity index (χ4n) is 2.89. The minimum absolute atomic E-state index is 0.00681. The summed E-state index contributed by atoms with van der Waals surface area (Å²) in [5, 5.41) is 9.38. The largest absolute Gasteiger partial charge is 0.487 e. The van der Waals surface area contributed by atoms with Gasteiger partial charge in [-0.05, 0) is 40.2 Å². The number of rotatable bonds is 7. The monoisotopic (exact) mass is 746 g/mol. The van der Waals surface area contributed by atoms with E-state index in [1.807, 2.05) is 6.07 Å². The number of sulfone groups is 1. The first-order valence-corrected chi connectivity index (χ1v) is 21.5. The van der Waals surface area contributed by atoms with Crippen molar-refractivity contribution in [2.24, 2.45) is 5.73 Å². The van der Waals surface area contributed by atoms with Gasteiger partial charge in [0.05, 0.1) is 21.2 Å². The van der Waals surface area contributed by atoms with E-state index in [-0.39, 0.29) is 48.5 Å². The second-order valence-electron chi connectivity index (χ2n) is 9.10. The average Bonchev–Trinajstić information content (AvgIpc) is 3.12. The van der Waals surface area contributed by atoms with Crippen LogP contribution in [0.3, 0.4) is 0 Å². The number of nitrogens with zero attached hydrogens (tertiary/aromatic N) is 1. The molecule has 0 bridgehead atoms. The molecule has 0 radical (unpaired) electrons. The molecule has 1 amide bonds. The zero-order chi connectivity index (χ0) is 30.1. The van der Waals surface area contributed by atoms with Crippen LogP contribution in [0.25, 0.3) is 10.1 Å². The first-order chi connectivity index (χ1) is 17.6. The third-order valence-electron chi connectivity index (χ3n) is 4.63. The van der Waals surface area contributed by atoms with E-state index in [1.54, 1.807) is 0 Å². The Hall–Kier alpha value is -1.70. The molecule has 0 aliphatic carbocycles. The number of alkyl halides is 2. The zero-order valence-corrected chi connectivity index (χ0v) is 27.5. The van der Waals surface area contributed by atoms with Crippen molar-refractivity contribution >= 4 is 82.7 Å². The Kier molecular flexibility index (Phi) is 10.3. The van der Waals surface area contributed by atoms with Crippen molar-refractivity contribution in [3.63, 3.8) is 0 Å². The van der Waals surface area contributed by atoms with Crippen LogP contribution in [-0.4, -0.2) is 37.1 Å². The molecule has 0 unspecified atom stereocenters. The number of benzene rings is 2. The normalized spacial score (nSPS) is 12.4. The van der Waals surface area contributed by atoms with Gasteiger partial charge in [0, 0.05) is 27.2 Å². The predicted molar refractivity (Wildman–Crippen MR) is 155 cm³/mol. The Morgan fingerprint density at radius 2 is 1.82 bits per heavy atom. The molecule has 3 rings (SSSR count). The number of carbonyl (C=O) groups is 1. The van der Waals surface area contributed by atoms with Crippen molar-refractivity contribution in [1.82, 2.24) is 0 Å². The molecule has 0 saturated carbocycles. The zero-order valence-electron chi connectivity index (χ0n) is 20.8. The number of nitrogens with two attached hydrogens (primary N) is 1. The van der Waals surface area contributed by atoms with Gasteiger partial charge in [0.2, 0.25) is 5.91 Å². The van der Waals surface area contributed by atoms with Crippen molar-refractivity contribution < 1.29 is 41.1 Å². The van der Waals surface area contributed by atoms with E-state index < -0.39 is 40.6 Å². The van der Waals surface area contributed by atoms with Crippen molar-refractivity contribution in [3.8, 4) is 11.8 Å². The molecule has 1 heterocycles. The quantitative estimate of drug-likeness (QED) is 0.149. The molecule has 0 aliphatic rings. The lowest BCUT2D eigenvalue weighted by atomic mass is 10.1. The van der Waals surface area contributed by atoms with Gasteiger partial charge in [-0.25, -0.2) is 8.42 Å². The topological polar surface area (TPSA) is 168 Å². The Balaban J connectivity index is 0.000000976. The van der Waals surface area contributed by atoms with Gasteiger partial charge >= 0.3 is 13.3 Å². The minimum atomic E-state index is -5.88. The van der Waals surface area contributed by atoms with Crippen LogP contribution in [-0.2, 0) is 26.7 Å². The van der Waals surface area contributed by atoms with Gasteiger partial charge in [-0.3, -0.25) is 9.36 Å². The lowest BCUT2D eigenvalue weighted by Gasteiger charge is -2.16. The number of halogens is 4. The highest BCUT2D eigenvalue weighted by atomic mass is 79.9.